The molecule has 0 spiro atoms. The number of aromatic hydroxyl groups is 1. The van der Waals surface area contributed by atoms with Gasteiger partial charge in [-0.1, -0.05) is 12.1 Å². The van der Waals surface area contributed by atoms with Gasteiger partial charge in [-0.25, -0.2) is 10.2 Å². The maximum atomic E-state index is 10.6. The fourth-order valence-electron chi connectivity index (χ4n) is 1.73. The SMILES string of the molecule is COc1ccc2ccc(O)c(C=NNC(N)=O)c2c1. The van der Waals surface area contributed by atoms with Crippen molar-refractivity contribution in [2.75, 3.05) is 7.11 Å². The predicted octanol–water partition coefficient (Wildman–Crippen LogP) is 1.56. The van der Waals surface area contributed by atoms with Gasteiger partial charge in [0.05, 0.1) is 13.3 Å². The number of nitrogens with zero attached hydrogens (tertiary/aromatic N) is 1. The van der Waals surface area contributed by atoms with Gasteiger partial charge in [-0.05, 0) is 29.0 Å². The Labute approximate surface area is 109 Å². The number of primary amides is 1. The van der Waals surface area contributed by atoms with Gasteiger partial charge in [0.1, 0.15) is 11.5 Å². The molecule has 4 N–H and O–H groups in total. The number of hydrogen-bond donors (Lipinski definition) is 3. The molecule has 0 fully saturated rings. The van der Waals surface area contributed by atoms with E-state index in [1.807, 2.05) is 12.1 Å². The molecule has 2 amide bonds. The van der Waals surface area contributed by atoms with Crippen molar-refractivity contribution < 1.29 is 14.6 Å². The Hall–Kier alpha value is -2.76. The number of phenolic OH excluding ortho intramolecular Hbond substituents is 1. The molecule has 2 rings (SSSR count). The fourth-order valence-corrected chi connectivity index (χ4v) is 1.73. The van der Waals surface area contributed by atoms with E-state index in [4.69, 9.17) is 10.5 Å². The van der Waals surface area contributed by atoms with Crippen molar-refractivity contribution in [2.45, 2.75) is 0 Å². The molecule has 0 aliphatic heterocycles. The maximum Gasteiger partial charge on any atom is 0.332 e. The van der Waals surface area contributed by atoms with E-state index in [-0.39, 0.29) is 5.75 Å². The Balaban J connectivity index is 2.53. The van der Waals surface area contributed by atoms with Crippen LogP contribution in [0.3, 0.4) is 0 Å². The van der Waals surface area contributed by atoms with Crippen molar-refractivity contribution in [3.05, 3.63) is 35.9 Å². The average molecular weight is 259 g/mol. The lowest BCUT2D eigenvalue weighted by molar-refractivity contribution is 0.249. The number of hydrogen-bond acceptors (Lipinski definition) is 4. The Morgan fingerprint density at radius 1 is 1.42 bits per heavy atom. The highest BCUT2D eigenvalue weighted by Gasteiger charge is 2.06. The average Bonchev–Trinajstić information content (AvgIpc) is 2.40. The van der Waals surface area contributed by atoms with E-state index >= 15 is 0 Å². The number of ether oxygens (including phenoxy) is 1. The molecule has 0 saturated carbocycles. The Kier molecular flexibility index (Phi) is 3.51. The van der Waals surface area contributed by atoms with Crippen LogP contribution in [0.2, 0.25) is 0 Å². The van der Waals surface area contributed by atoms with E-state index in [1.54, 1.807) is 25.3 Å². The van der Waals surface area contributed by atoms with E-state index in [1.165, 1.54) is 6.21 Å². The highest BCUT2D eigenvalue weighted by atomic mass is 16.5. The highest BCUT2D eigenvalue weighted by Crippen LogP contribution is 2.28. The second-order valence-electron chi connectivity index (χ2n) is 3.82. The Morgan fingerprint density at radius 2 is 2.16 bits per heavy atom. The molecule has 0 bridgehead atoms. The summed E-state index contributed by atoms with van der Waals surface area (Å²) in [6.45, 7) is 0. The van der Waals surface area contributed by atoms with Gasteiger partial charge in [-0.2, -0.15) is 5.10 Å². The Morgan fingerprint density at radius 3 is 2.84 bits per heavy atom. The maximum absolute atomic E-state index is 10.6. The van der Waals surface area contributed by atoms with Crippen molar-refractivity contribution in [3.63, 3.8) is 0 Å². The quantitative estimate of drug-likeness (QED) is 0.576. The van der Waals surface area contributed by atoms with E-state index in [0.29, 0.717) is 11.3 Å². The summed E-state index contributed by atoms with van der Waals surface area (Å²) in [6.07, 6.45) is 1.34. The zero-order chi connectivity index (χ0) is 13.8. The van der Waals surface area contributed by atoms with E-state index in [2.05, 4.69) is 10.5 Å². The number of urea groups is 1. The number of hydrazone groups is 1. The number of methoxy groups -OCH3 is 1. The highest BCUT2D eigenvalue weighted by molar-refractivity contribution is 6.03. The Bertz CT molecular complexity index is 653. The number of carbonyl (C=O) groups excluding carboxylic acids is 1. The van der Waals surface area contributed by atoms with Crippen molar-refractivity contribution in [1.29, 1.82) is 0 Å². The third-order valence-corrected chi connectivity index (χ3v) is 2.62. The number of nitrogens with two attached hydrogens (primary N) is 1. The monoisotopic (exact) mass is 259 g/mol. The fraction of sp³-hybridized carbons (Fsp3) is 0.0769. The van der Waals surface area contributed by atoms with Crippen LogP contribution in [-0.2, 0) is 0 Å². The standard InChI is InChI=1S/C13H13N3O3/c1-19-9-4-2-8-3-5-12(17)11(10(8)6-9)7-15-16-13(14)18/h2-7,17H,1H3,(H3,14,16,18). The minimum absolute atomic E-state index is 0.0516. The van der Waals surface area contributed by atoms with E-state index in [9.17, 15) is 9.90 Å². The molecule has 0 aliphatic rings. The molecule has 0 heterocycles. The summed E-state index contributed by atoms with van der Waals surface area (Å²) in [6, 6.07) is 8.03. The zero-order valence-corrected chi connectivity index (χ0v) is 10.3. The van der Waals surface area contributed by atoms with Crippen LogP contribution in [0.5, 0.6) is 11.5 Å². The summed E-state index contributed by atoms with van der Waals surface area (Å²) in [7, 11) is 1.56. The molecule has 98 valence electrons. The smallest absolute Gasteiger partial charge is 0.332 e. The molecule has 0 radical (unpaired) electrons. The number of fused-ring (bicyclic) bond motifs is 1. The van der Waals surface area contributed by atoms with Crippen LogP contribution in [0.15, 0.2) is 35.4 Å². The normalized spacial score (nSPS) is 10.8. The molecule has 6 nitrogen and oxygen atoms in total. The van der Waals surface area contributed by atoms with Crippen molar-refractivity contribution in [2.24, 2.45) is 10.8 Å². The first-order valence-electron chi connectivity index (χ1n) is 5.50. The number of carbonyl (C=O) groups is 1. The third kappa shape index (κ3) is 2.74. The summed E-state index contributed by atoms with van der Waals surface area (Å²) in [5.41, 5.74) is 7.46. The number of rotatable bonds is 3. The van der Waals surface area contributed by atoms with Crippen molar-refractivity contribution in [3.8, 4) is 11.5 Å². The lowest BCUT2D eigenvalue weighted by Crippen LogP contribution is -2.24. The number of nitrogens with one attached hydrogen (secondary N) is 1. The summed E-state index contributed by atoms with van der Waals surface area (Å²) in [4.78, 5) is 10.6. The summed E-state index contributed by atoms with van der Waals surface area (Å²) in [5.74, 6) is 0.714. The molecule has 2 aromatic carbocycles. The van der Waals surface area contributed by atoms with Crippen molar-refractivity contribution in [1.82, 2.24) is 5.43 Å². The molecular formula is C13H13N3O3. The van der Waals surface area contributed by atoms with Crippen LogP contribution in [0.25, 0.3) is 10.8 Å². The summed E-state index contributed by atoms with van der Waals surface area (Å²) < 4.78 is 5.14. The molecule has 0 unspecified atom stereocenters. The van der Waals surface area contributed by atoms with Crippen LogP contribution in [0.1, 0.15) is 5.56 Å². The summed E-state index contributed by atoms with van der Waals surface area (Å²) >= 11 is 0. The van der Waals surface area contributed by atoms with Gasteiger partial charge in [0.2, 0.25) is 0 Å². The van der Waals surface area contributed by atoms with Gasteiger partial charge in [0, 0.05) is 5.56 Å². The minimum Gasteiger partial charge on any atom is -0.507 e. The molecule has 19 heavy (non-hydrogen) atoms. The molecule has 0 aliphatic carbocycles. The van der Waals surface area contributed by atoms with E-state index in [0.717, 1.165) is 10.8 Å². The lowest BCUT2D eigenvalue weighted by atomic mass is 10.0. The zero-order valence-electron chi connectivity index (χ0n) is 10.3. The van der Waals surface area contributed by atoms with Crippen LogP contribution in [0, 0.1) is 0 Å². The van der Waals surface area contributed by atoms with Gasteiger partial charge < -0.3 is 15.6 Å². The van der Waals surface area contributed by atoms with Gasteiger partial charge in [0.15, 0.2) is 0 Å². The van der Waals surface area contributed by atoms with Gasteiger partial charge in [-0.3, -0.25) is 0 Å². The first-order valence-corrected chi connectivity index (χ1v) is 5.50. The largest absolute Gasteiger partial charge is 0.507 e. The first-order chi connectivity index (χ1) is 9.11. The molecule has 0 atom stereocenters. The molecular weight excluding hydrogens is 246 g/mol. The van der Waals surface area contributed by atoms with Crippen LogP contribution in [-0.4, -0.2) is 24.5 Å². The number of benzene rings is 2. The second kappa shape index (κ2) is 5.26. The number of amides is 2. The van der Waals surface area contributed by atoms with E-state index < -0.39 is 6.03 Å². The summed E-state index contributed by atoms with van der Waals surface area (Å²) in [5, 5.41) is 15.2. The van der Waals surface area contributed by atoms with Crippen LogP contribution in [0.4, 0.5) is 4.79 Å². The molecule has 2 aromatic rings. The third-order valence-electron chi connectivity index (χ3n) is 2.62. The molecule has 0 aromatic heterocycles. The van der Waals surface area contributed by atoms with Gasteiger partial charge in [-0.15, -0.1) is 0 Å². The van der Waals surface area contributed by atoms with Crippen molar-refractivity contribution >= 4 is 23.0 Å². The molecule has 6 heteroatoms. The molecule has 0 saturated heterocycles. The minimum atomic E-state index is -0.770. The topological polar surface area (TPSA) is 96.9 Å². The second-order valence-corrected chi connectivity index (χ2v) is 3.82. The van der Waals surface area contributed by atoms with Crippen LogP contribution < -0.4 is 15.9 Å². The lowest BCUT2D eigenvalue weighted by Gasteiger charge is -2.07. The van der Waals surface area contributed by atoms with Gasteiger partial charge >= 0.3 is 6.03 Å². The number of phenols is 1. The predicted molar refractivity (Wildman–Crippen MR) is 72.5 cm³/mol. The first kappa shape index (κ1) is 12.7. The van der Waals surface area contributed by atoms with Gasteiger partial charge in [0.25, 0.3) is 0 Å². The van der Waals surface area contributed by atoms with Crippen LogP contribution >= 0.6 is 0 Å².